The van der Waals surface area contributed by atoms with Crippen LogP contribution in [0, 0.1) is 0 Å². The maximum Gasteiger partial charge on any atom is 0.254 e. The maximum atomic E-state index is 12.4. The summed E-state index contributed by atoms with van der Waals surface area (Å²) in [7, 11) is 0. The van der Waals surface area contributed by atoms with E-state index in [0.29, 0.717) is 32.6 Å². The fraction of sp³-hybridized carbons (Fsp3) is 0.333. The van der Waals surface area contributed by atoms with Crippen LogP contribution in [0.4, 0.5) is 0 Å². The van der Waals surface area contributed by atoms with E-state index in [1.165, 1.54) is 11.3 Å². The lowest BCUT2D eigenvalue weighted by Gasteiger charge is -2.35. The lowest BCUT2D eigenvalue weighted by atomic mass is 10.0. The summed E-state index contributed by atoms with van der Waals surface area (Å²) in [4.78, 5) is 28.4. The van der Waals surface area contributed by atoms with Gasteiger partial charge in [0.1, 0.15) is 0 Å². The quantitative estimate of drug-likeness (QED) is 0.925. The van der Waals surface area contributed by atoms with Crippen molar-refractivity contribution in [1.82, 2.24) is 9.80 Å². The molecule has 1 aliphatic rings. The van der Waals surface area contributed by atoms with Crippen LogP contribution in [-0.4, -0.2) is 47.8 Å². The molecule has 1 atom stereocenters. The molecule has 0 bridgehead atoms. The number of nitrogens with two attached hydrogens (primary N) is 1. The van der Waals surface area contributed by atoms with Gasteiger partial charge in [-0.2, -0.15) is 11.3 Å². The average molecular weight is 343 g/mol. The van der Waals surface area contributed by atoms with Crippen molar-refractivity contribution in [2.45, 2.75) is 12.5 Å². The number of hydrogen-bond acceptors (Lipinski definition) is 4. The Morgan fingerprint density at radius 1 is 1.04 bits per heavy atom. The van der Waals surface area contributed by atoms with Gasteiger partial charge >= 0.3 is 0 Å². The molecular formula is C18H21N3O2S. The van der Waals surface area contributed by atoms with Gasteiger partial charge in [0.2, 0.25) is 5.91 Å². The Kier molecular flexibility index (Phi) is 5.27. The van der Waals surface area contributed by atoms with E-state index < -0.39 is 0 Å². The van der Waals surface area contributed by atoms with Gasteiger partial charge in [0.25, 0.3) is 5.91 Å². The molecule has 6 heteroatoms. The van der Waals surface area contributed by atoms with Crippen molar-refractivity contribution in [3.8, 4) is 0 Å². The van der Waals surface area contributed by atoms with Gasteiger partial charge in [-0.25, -0.2) is 0 Å². The van der Waals surface area contributed by atoms with E-state index in [-0.39, 0.29) is 17.9 Å². The van der Waals surface area contributed by atoms with E-state index >= 15 is 0 Å². The van der Waals surface area contributed by atoms with E-state index in [1.54, 1.807) is 4.90 Å². The van der Waals surface area contributed by atoms with Crippen molar-refractivity contribution in [2.24, 2.45) is 5.73 Å². The van der Waals surface area contributed by atoms with Crippen molar-refractivity contribution >= 4 is 23.2 Å². The Morgan fingerprint density at radius 2 is 1.71 bits per heavy atom. The monoisotopic (exact) mass is 343 g/mol. The summed E-state index contributed by atoms with van der Waals surface area (Å²) in [6.45, 7) is 2.27. The highest BCUT2D eigenvalue weighted by Gasteiger charge is 2.26. The standard InChI is InChI=1S/C18H21N3O2S/c19-16(14-4-2-1-3-5-14)12-17(22)20-7-9-21(10-8-20)18(23)15-6-11-24-13-15/h1-6,11,13,16H,7-10,12,19H2. The zero-order valence-corrected chi connectivity index (χ0v) is 14.2. The van der Waals surface area contributed by atoms with Gasteiger partial charge in [0.15, 0.2) is 0 Å². The highest BCUT2D eigenvalue weighted by atomic mass is 32.1. The minimum atomic E-state index is -0.288. The Hall–Kier alpha value is -2.18. The van der Waals surface area contributed by atoms with Gasteiger partial charge in [-0.05, 0) is 17.0 Å². The number of piperazine rings is 1. The number of nitrogens with zero attached hydrogens (tertiary/aromatic N) is 2. The lowest BCUT2D eigenvalue weighted by molar-refractivity contribution is -0.133. The summed E-state index contributed by atoms with van der Waals surface area (Å²) in [5.74, 6) is 0.0957. The third-order valence-corrected chi connectivity index (χ3v) is 4.99. The number of hydrogen-bond donors (Lipinski definition) is 1. The molecule has 2 heterocycles. The van der Waals surface area contributed by atoms with Crippen LogP contribution in [0.15, 0.2) is 47.2 Å². The van der Waals surface area contributed by atoms with Crippen LogP contribution in [-0.2, 0) is 4.79 Å². The first-order valence-corrected chi connectivity index (χ1v) is 8.99. The van der Waals surface area contributed by atoms with Crippen molar-refractivity contribution in [3.05, 3.63) is 58.3 Å². The molecule has 2 amide bonds. The topological polar surface area (TPSA) is 66.6 Å². The van der Waals surface area contributed by atoms with E-state index in [4.69, 9.17) is 5.73 Å². The van der Waals surface area contributed by atoms with E-state index in [2.05, 4.69) is 0 Å². The fourth-order valence-electron chi connectivity index (χ4n) is 2.86. The van der Waals surface area contributed by atoms with Crippen molar-refractivity contribution < 1.29 is 9.59 Å². The fourth-order valence-corrected chi connectivity index (χ4v) is 3.49. The van der Waals surface area contributed by atoms with Crippen LogP contribution in [0.25, 0.3) is 0 Å². The molecule has 0 spiro atoms. The van der Waals surface area contributed by atoms with Crippen LogP contribution in [0.3, 0.4) is 0 Å². The SMILES string of the molecule is NC(CC(=O)N1CCN(C(=O)c2ccsc2)CC1)c1ccccc1. The summed E-state index contributed by atoms with van der Waals surface area (Å²) in [6, 6.07) is 11.2. The minimum absolute atomic E-state index is 0.0457. The largest absolute Gasteiger partial charge is 0.339 e. The molecule has 2 aromatic rings. The molecule has 1 saturated heterocycles. The van der Waals surface area contributed by atoms with Gasteiger partial charge in [0.05, 0.1) is 5.56 Å². The first-order valence-electron chi connectivity index (χ1n) is 8.05. The second kappa shape index (κ2) is 7.59. The van der Waals surface area contributed by atoms with Crippen molar-refractivity contribution in [1.29, 1.82) is 0 Å². The smallest absolute Gasteiger partial charge is 0.254 e. The molecule has 0 radical (unpaired) electrons. The van der Waals surface area contributed by atoms with Crippen LogP contribution < -0.4 is 5.73 Å². The second-order valence-corrected chi connectivity index (χ2v) is 6.69. The predicted molar refractivity (Wildman–Crippen MR) is 94.8 cm³/mol. The third-order valence-electron chi connectivity index (χ3n) is 4.31. The Bertz CT molecular complexity index is 680. The molecule has 24 heavy (non-hydrogen) atoms. The number of rotatable bonds is 4. The summed E-state index contributed by atoms with van der Waals surface area (Å²) in [5.41, 5.74) is 7.83. The molecular weight excluding hydrogens is 322 g/mol. The van der Waals surface area contributed by atoms with Crippen LogP contribution in [0.1, 0.15) is 28.4 Å². The first-order chi connectivity index (χ1) is 11.6. The molecule has 0 aliphatic carbocycles. The zero-order valence-electron chi connectivity index (χ0n) is 13.4. The molecule has 126 valence electrons. The van der Waals surface area contributed by atoms with E-state index in [0.717, 1.165) is 11.1 Å². The maximum absolute atomic E-state index is 12.4. The third kappa shape index (κ3) is 3.83. The number of carbonyl (C=O) groups is 2. The minimum Gasteiger partial charge on any atom is -0.339 e. The van der Waals surface area contributed by atoms with E-state index in [1.807, 2.05) is 52.1 Å². The van der Waals surface area contributed by atoms with E-state index in [9.17, 15) is 9.59 Å². The number of benzene rings is 1. The Balaban J connectivity index is 1.51. The zero-order chi connectivity index (χ0) is 16.9. The predicted octanol–water partition coefficient (Wildman–Crippen LogP) is 2.12. The molecule has 0 saturated carbocycles. The molecule has 1 unspecified atom stereocenters. The molecule has 3 rings (SSSR count). The summed E-state index contributed by atoms with van der Waals surface area (Å²) in [5, 5.41) is 3.76. The molecule has 2 N–H and O–H groups in total. The van der Waals surface area contributed by atoms with Gasteiger partial charge < -0.3 is 15.5 Å². The van der Waals surface area contributed by atoms with Gasteiger partial charge in [-0.3, -0.25) is 9.59 Å². The van der Waals surface area contributed by atoms with Gasteiger partial charge in [-0.15, -0.1) is 0 Å². The highest BCUT2D eigenvalue weighted by Crippen LogP contribution is 2.17. The molecule has 1 aliphatic heterocycles. The Morgan fingerprint density at radius 3 is 2.33 bits per heavy atom. The number of amides is 2. The van der Waals surface area contributed by atoms with Gasteiger partial charge in [-0.1, -0.05) is 30.3 Å². The lowest BCUT2D eigenvalue weighted by Crippen LogP contribution is -2.50. The van der Waals surface area contributed by atoms with Crippen LogP contribution in [0.5, 0.6) is 0 Å². The molecule has 1 aromatic heterocycles. The van der Waals surface area contributed by atoms with Crippen LogP contribution >= 0.6 is 11.3 Å². The summed E-state index contributed by atoms with van der Waals surface area (Å²) >= 11 is 1.52. The summed E-state index contributed by atoms with van der Waals surface area (Å²) in [6.07, 6.45) is 0.294. The number of carbonyl (C=O) groups excluding carboxylic acids is 2. The first kappa shape index (κ1) is 16.7. The normalized spacial score (nSPS) is 16.0. The second-order valence-electron chi connectivity index (χ2n) is 5.91. The van der Waals surface area contributed by atoms with Crippen molar-refractivity contribution in [2.75, 3.05) is 26.2 Å². The molecule has 1 fully saturated rings. The molecule has 1 aromatic carbocycles. The average Bonchev–Trinajstić information content (AvgIpc) is 3.16. The Labute approximate surface area is 145 Å². The van der Waals surface area contributed by atoms with Gasteiger partial charge in [0, 0.05) is 44.0 Å². The van der Waals surface area contributed by atoms with Crippen molar-refractivity contribution in [3.63, 3.8) is 0 Å². The number of thiophene rings is 1. The van der Waals surface area contributed by atoms with Crippen LogP contribution in [0.2, 0.25) is 0 Å². The highest BCUT2D eigenvalue weighted by molar-refractivity contribution is 7.08. The summed E-state index contributed by atoms with van der Waals surface area (Å²) < 4.78 is 0. The molecule has 5 nitrogen and oxygen atoms in total.